The number of nitrogens with two attached hydrogens (primary N) is 1. The van der Waals surface area contributed by atoms with Crippen LogP contribution < -0.4 is 26.1 Å². The molecule has 156 valence electrons. The zero-order chi connectivity index (χ0) is 21.3. The molecule has 1 saturated heterocycles. The molecule has 2 aromatic rings. The van der Waals surface area contributed by atoms with E-state index < -0.39 is 6.23 Å². The molecule has 30 heavy (non-hydrogen) atoms. The summed E-state index contributed by atoms with van der Waals surface area (Å²) in [4.78, 5) is 0. The number of allylic oxidation sites excluding steroid dienone is 1. The molecule has 0 spiro atoms. The maximum atomic E-state index is 9.81. The Bertz CT molecular complexity index is 999. The molecule has 2 aliphatic rings. The van der Waals surface area contributed by atoms with Gasteiger partial charge in [0.25, 0.3) is 0 Å². The minimum Gasteiger partial charge on any atom is -0.508 e. The van der Waals surface area contributed by atoms with Crippen LogP contribution in [0.4, 0.5) is 0 Å². The molecule has 0 aromatic heterocycles. The first-order chi connectivity index (χ1) is 14.6. The minimum atomic E-state index is -0.427. The molecule has 0 radical (unpaired) electrons. The summed E-state index contributed by atoms with van der Waals surface area (Å²) in [5.41, 5.74) is 14.7. The van der Waals surface area contributed by atoms with E-state index in [1.165, 1.54) is 0 Å². The molecule has 5 N–H and O–H groups in total. The van der Waals surface area contributed by atoms with E-state index in [0.29, 0.717) is 23.7 Å². The highest BCUT2D eigenvalue weighted by Gasteiger charge is 2.49. The Kier molecular flexibility index (Phi) is 5.40. The number of hydrogen-bond acceptors (Lipinski definition) is 8. The molecule has 0 bridgehead atoms. The van der Waals surface area contributed by atoms with Crippen LogP contribution in [-0.2, 0) is 4.74 Å². The summed E-state index contributed by atoms with van der Waals surface area (Å²) in [5, 5.41) is 19.5. The molecule has 0 aliphatic carbocycles. The van der Waals surface area contributed by atoms with Gasteiger partial charge in [-0.15, -0.1) is 0 Å². The maximum absolute atomic E-state index is 9.81. The standard InChI is InChI=1S/C22H24N4O4/c1-3-29-16-9-6-13(10-17(16)28-2)20-19-18(12-4-7-14(27)8-5-12)15(11-23)21(24)30-22(19)26-25-20/h4-10,18-20,22,25-27H,3,24H2,1-2H3. The van der Waals surface area contributed by atoms with Gasteiger partial charge in [0.2, 0.25) is 5.88 Å². The lowest BCUT2D eigenvalue weighted by atomic mass is 9.74. The van der Waals surface area contributed by atoms with E-state index in [2.05, 4.69) is 16.9 Å². The molecule has 2 heterocycles. The van der Waals surface area contributed by atoms with E-state index in [1.807, 2.05) is 25.1 Å². The molecule has 8 nitrogen and oxygen atoms in total. The number of benzene rings is 2. The summed E-state index contributed by atoms with van der Waals surface area (Å²) < 4.78 is 16.9. The molecule has 4 rings (SSSR count). The molecule has 0 amide bonds. The van der Waals surface area contributed by atoms with Crippen molar-refractivity contribution < 1.29 is 19.3 Å². The van der Waals surface area contributed by atoms with Gasteiger partial charge in [-0.1, -0.05) is 18.2 Å². The number of nitrogens with one attached hydrogen (secondary N) is 2. The number of hydrazine groups is 1. The third-order valence-electron chi connectivity index (χ3n) is 5.55. The van der Waals surface area contributed by atoms with E-state index in [-0.39, 0.29) is 29.5 Å². The van der Waals surface area contributed by atoms with Crippen LogP contribution in [-0.4, -0.2) is 25.1 Å². The number of fused-ring (bicyclic) bond motifs is 1. The third-order valence-corrected chi connectivity index (χ3v) is 5.55. The van der Waals surface area contributed by atoms with Gasteiger partial charge in [-0.25, -0.2) is 10.9 Å². The Morgan fingerprint density at radius 2 is 1.87 bits per heavy atom. The number of phenolic OH excluding ortho intramolecular Hbond substituents is 1. The van der Waals surface area contributed by atoms with Crippen LogP contribution >= 0.6 is 0 Å². The number of aromatic hydroxyl groups is 1. The Morgan fingerprint density at radius 3 is 2.53 bits per heavy atom. The van der Waals surface area contributed by atoms with Gasteiger partial charge in [0.15, 0.2) is 17.7 Å². The van der Waals surface area contributed by atoms with Crippen molar-refractivity contribution in [1.82, 2.24) is 10.9 Å². The lowest BCUT2D eigenvalue weighted by molar-refractivity contribution is 0.0340. The zero-order valence-corrected chi connectivity index (χ0v) is 16.8. The van der Waals surface area contributed by atoms with Crippen molar-refractivity contribution in [3.63, 3.8) is 0 Å². The second-order valence-corrected chi connectivity index (χ2v) is 7.18. The number of nitrogens with zero attached hydrogens (tertiary/aromatic N) is 1. The fraction of sp³-hybridized carbons (Fsp3) is 0.318. The zero-order valence-electron chi connectivity index (χ0n) is 16.8. The average molecular weight is 408 g/mol. The Labute approximate surface area is 174 Å². The van der Waals surface area contributed by atoms with Crippen LogP contribution in [0.1, 0.15) is 30.0 Å². The van der Waals surface area contributed by atoms with Crippen molar-refractivity contribution in [3.8, 4) is 23.3 Å². The molecule has 0 saturated carbocycles. The average Bonchev–Trinajstić information content (AvgIpc) is 3.17. The monoisotopic (exact) mass is 408 g/mol. The quantitative estimate of drug-likeness (QED) is 0.595. The normalized spacial score (nSPS) is 25.2. The number of nitriles is 1. The first kappa shape index (κ1) is 19.9. The third kappa shape index (κ3) is 3.38. The predicted molar refractivity (Wildman–Crippen MR) is 109 cm³/mol. The molecular formula is C22H24N4O4. The largest absolute Gasteiger partial charge is 0.508 e. The van der Waals surface area contributed by atoms with Crippen LogP contribution in [0.25, 0.3) is 0 Å². The minimum absolute atomic E-state index is 0.107. The van der Waals surface area contributed by atoms with Gasteiger partial charge in [-0.3, -0.25) is 0 Å². The number of phenols is 1. The summed E-state index contributed by atoms with van der Waals surface area (Å²) in [5.74, 6) is 1.08. The fourth-order valence-corrected chi connectivity index (χ4v) is 4.21. The van der Waals surface area contributed by atoms with Gasteiger partial charge in [-0.05, 0) is 42.3 Å². The lowest BCUT2D eigenvalue weighted by Crippen LogP contribution is -2.40. The molecule has 4 atom stereocenters. The Hall–Kier alpha value is -3.41. The van der Waals surface area contributed by atoms with Crippen LogP contribution in [0.5, 0.6) is 17.2 Å². The Morgan fingerprint density at radius 1 is 1.13 bits per heavy atom. The van der Waals surface area contributed by atoms with E-state index in [9.17, 15) is 10.4 Å². The second kappa shape index (κ2) is 8.14. The Balaban J connectivity index is 1.77. The van der Waals surface area contributed by atoms with Crippen LogP contribution in [0, 0.1) is 17.2 Å². The van der Waals surface area contributed by atoms with Crippen LogP contribution in [0.3, 0.4) is 0 Å². The van der Waals surface area contributed by atoms with Crippen molar-refractivity contribution in [2.75, 3.05) is 13.7 Å². The second-order valence-electron chi connectivity index (χ2n) is 7.18. The molecule has 2 aromatic carbocycles. The molecule has 2 aliphatic heterocycles. The van der Waals surface area contributed by atoms with E-state index in [1.54, 1.807) is 31.4 Å². The van der Waals surface area contributed by atoms with Crippen molar-refractivity contribution in [1.29, 1.82) is 5.26 Å². The summed E-state index contributed by atoms with van der Waals surface area (Å²) in [6.45, 7) is 2.46. The topological polar surface area (TPSA) is 122 Å². The lowest BCUT2D eigenvalue weighted by Gasteiger charge is -2.36. The first-order valence-electron chi connectivity index (χ1n) is 9.74. The molecule has 1 fully saturated rings. The summed E-state index contributed by atoms with van der Waals surface area (Å²) in [7, 11) is 1.60. The summed E-state index contributed by atoms with van der Waals surface area (Å²) >= 11 is 0. The highest BCUT2D eigenvalue weighted by Crippen LogP contribution is 2.48. The molecular weight excluding hydrogens is 384 g/mol. The molecule has 4 unspecified atom stereocenters. The first-order valence-corrected chi connectivity index (χ1v) is 9.74. The van der Waals surface area contributed by atoms with Crippen molar-refractivity contribution in [3.05, 3.63) is 65.0 Å². The van der Waals surface area contributed by atoms with Crippen molar-refractivity contribution >= 4 is 0 Å². The maximum Gasteiger partial charge on any atom is 0.200 e. The van der Waals surface area contributed by atoms with E-state index in [4.69, 9.17) is 19.9 Å². The van der Waals surface area contributed by atoms with Crippen molar-refractivity contribution in [2.45, 2.75) is 25.1 Å². The van der Waals surface area contributed by atoms with Gasteiger partial charge < -0.3 is 25.1 Å². The summed E-state index contributed by atoms with van der Waals surface area (Å²) in [6.07, 6.45) is -0.427. The highest BCUT2D eigenvalue weighted by molar-refractivity contribution is 5.47. The van der Waals surface area contributed by atoms with Gasteiger partial charge in [0, 0.05) is 11.8 Å². The SMILES string of the molecule is CCOc1ccc(C2NNC3OC(N)=C(C#N)C(c4ccc(O)cc4)C32)cc1OC. The molecule has 8 heteroatoms. The summed E-state index contributed by atoms with van der Waals surface area (Å²) in [6, 6.07) is 14.6. The smallest absolute Gasteiger partial charge is 0.200 e. The van der Waals surface area contributed by atoms with Gasteiger partial charge >= 0.3 is 0 Å². The van der Waals surface area contributed by atoms with Gasteiger partial charge in [-0.2, -0.15) is 5.26 Å². The van der Waals surface area contributed by atoms with Crippen LogP contribution in [0.2, 0.25) is 0 Å². The predicted octanol–water partition coefficient (Wildman–Crippen LogP) is 2.40. The van der Waals surface area contributed by atoms with Gasteiger partial charge in [0.1, 0.15) is 11.8 Å². The number of hydrogen-bond donors (Lipinski definition) is 4. The van der Waals surface area contributed by atoms with E-state index >= 15 is 0 Å². The fourth-order valence-electron chi connectivity index (χ4n) is 4.21. The van der Waals surface area contributed by atoms with E-state index in [0.717, 1.165) is 11.1 Å². The number of methoxy groups -OCH3 is 1. The van der Waals surface area contributed by atoms with Crippen LogP contribution in [0.15, 0.2) is 53.9 Å². The number of rotatable bonds is 5. The highest BCUT2D eigenvalue weighted by atomic mass is 16.5. The van der Waals surface area contributed by atoms with Crippen molar-refractivity contribution in [2.24, 2.45) is 11.7 Å². The number of ether oxygens (including phenoxy) is 3. The van der Waals surface area contributed by atoms with Gasteiger partial charge in [0.05, 0.1) is 25.3 Å².